The summed E-state index contributed by atoms with van der Waals surface area (Å²) in [6, 6.07) is 0. The quantitative estimate of drug-likeness (QED) is 0.659. The molecule has 1 unspecified atom stereocenters. The first-order chi connectivity index (χ1) is 7.26. The van der Waals surface area contributed by atoms with E-state index in [4.69, 9.17) is 14.9 Å². The van der Waals surface area contributed by atoms with Crippen molar-refractivity contribution in [2.75, 3.05) is 26.4 Å². The second-order valence-electron chi connectivity index (χ2n) is 3.52. The van der Waals surface area contributed by atoms with E-state index in [1.54, 1.807) is 0 Å². The van der Waals surface area contributed by atoms with Gasteiger partial charge in [0.05, 0.1) is 13.2 Å². The van der Waals surface area contributed by atoms with Gasteiger partial charge in [0.15, 0.2) is 0 Å². The van der Waals surface area contributed by atoms with Crippen LogP contribution < -0.4 is 0 Å². The molecule has 0 radical (unpaired) electrons. The van der Waals surface area contributed by atoms with Crippen LogP contribution in [-0.2, 0) is 4.74 Å². The van der Waals surface area contributed by atoms with Crippen LogP contribution in [-0.4, -0.2) is 36.6 Å². The Morgan fingerprint density at radius 2 is 1.67 bits per heavy atom. The zero-order valence-electron chi connectivity index (χ0n) is 10.5. The molecule has 15 heavy (non-hydrogen) atoms. The lowest BCUT2D eigenvalue weighted by molar-refractivity contribution is 0.104. The van der Waals surface area contributed by atoms with Crippen molar-refractivity contribution in [3.8, 4) is 0 Å². The molecule has 0 heterocycles. The van der Waals surface area contributed by atoms with Crippen molar-refractivity contribution >= 4 is 0 Å². The smallest absolute Gasteiger partial charge is 0.0662 e. The predicted molar refractivity (Wildman–Crippen MR) is 64.0 cm³/mol. The third-order valence-corrected chi connectivity index (χ3v) is 2.20. The summed E-state index contributed by atoms with van der Waals surface area (Å²) in [5.74, 6) is 0.801. The highest BCUT2D eigenvalue weighted by atomic mass is 16.5. The minimum absolute atomic E-state index is 0.125. The van der Waals surface area contributed by atoms with E-state index in [2.05, 4.69) is 20.8 Å². The van der Waals surface area contributed by atoms with Gasteiger partial charge in [0.25, 0.3) is 0 Å². The van der Waals surface area contributed by atoms with Crippen molar-refractivity contribution in [3.63, 3.8) is 0 Å². The molecule has 0 bridgehead atoms. The van der Waals surface area contributed by atoms with E-state index in [1.165, 1.54) is 25.7 Å². The summed E-state index contributed by atoms with van der Waals surface area (Å²) in [5.41, 5.74) is 0. The molecule has 3 heteroatoms. The summed E-state index contributed by atoms with van der Waals surface area (Å²) in [5, 5.41) is 15.2. The van der Waals surface area contributed by atoms with Crippen molar-refractivity contribution in [3.05, 3.63) is 0 Å². The van der Waals surface area contributed by atoms with Gasteiger partial charge in [-0.2, -0.15) is 0 Å². The van der Waals surface area contributed by atoms with Crippen LogP contribution in [0.3, 0.4) is 0 Å². The minimum atomic E-state index is -0.125. The molecule has 0 saturated heterocycles. The second-order valence-corrected chi connectivity index (χ2v) is 3.52. The third kappa shape index (κ3) is 16.5. The normalized spacial score (nSPS) is 11.8. The zero-order valence-corrected chi connectivity index (χ0v) is 10.5. The number of aliphatic hydroxyl groups excluding tert-OH is 2. The standard InChI is InChI=1S/C10H22O.C2H6O2/c1-4-7-8-10(5-2)9-11-6-3;3-1-2-4/h10H,4-9H2,1-3H3;3-4H,1-2H2. The van der Waals surface area contributed by atoms with Crippen molar-refractivity contribution in [2.24, 2.45) is 5.92 Å². The van der Waals surface area contributed by atoms with Crippen molar-refractivity contribution in [1.82, 2.24) is 0 Å². The fourth-order valence-electron chi connectivity index (χ4n) is 1.18. The van der Waals surface area contributed by atoms with Gasteiger partial charge in [-0.05, 0) is 19.3 Å². The van der Waals surface area contributed by atoms with Gasteiger partial charge in [-0.15, -0.1) is 0 Å². The molecular weight excluding hydrogens is 192 g/mol. The summed E-state index contributed by atoms with van der Waals surface area (Å²) in [7, 11) is 0. The van der Waals surface area contributed by atoms with Crippen LogP contribution in [0.5, 0.6) is 0 Å². The summed E-state index contributed by atoms with van der Waals surface area (Å²) in [6.07, 6.45) is 5.27. The lowest BCUT2D eigenvalue weighted by atomic mass is 10.0. The molecule has 0 amide bonds. The summed E-state index contributed by atoms with van der Waals surface area (Å²) in [4.78, 5) is 0. The Morgan fingerprint density at radius 3 is 2.00 bits per heavy atom. The van der Waals surface area contributed by atoms with E-state index in [1.807, 2.05) is 0 Å². The van der Waals surface area contributed by atoms with Crippen LogP contribution in [0.25, 0.3) is 0 Å². The summed E-state index contributed by atoms with van der Waals surface area (Å²) in [6.45, 7) is 8.13. The fourth-order valence-corrected chi connectivity index (χ4v) is 1.18. The maximum Gasteiger partial charge on any atom is 0.0662 e. The molecule has 1 atom stereocenters. The minimum Gasteiger partial charge on any atom is -0.394 e. The van der Waals surface area contributed by atoms with Gasteiger partial charge in [0.2, 0.25) is 0 Å². The Hall–Kier alpha value is -0.120. The molecule has 0 rings (SSSR count). The first-order valence-corrected chi connectivity index (χ1v) is 6.06. The molecular formula is C12H28O3. The molecule has 0 spiro atoms. The van der Waals surface area contributed by atoms with E-state index < -0.39 is 0 Å². The number of aliphatic hydroxyl groups is 2. The van der Waals surface area contributed by atoms with Crippen LogP contribution in [0.15, 0.2) is 0 Å². The monoisotopic (exact) mass is 220 g/mol. The van der Waals surface area contributed by atoms with Crippen LogP contribution >= 0.6 is 0 Å². The molecule has 0 aliphatic heterocycles. The highest BCUT2D eigenvalue weighted by molar-refractivity contribution is 4.55. The molecule has 94 valence electrons. The fraction of sp³-hybridized carbons (Fsp3) is 1.00. The first-order valence-electron chi connectivity index (χ1n) is 6.06. The molecule has 0 aliphatic rings. The largest absolute Gasteiger partial charge is 0.394 e. The predicted octanol–water partition coefficient (Wildman–Crippen LogP) is 2.21. The van der Waals surface area contributed by atoms with Crippen LogP contribution in [0.2, 0.25) is 0 Å². The lowest BCUT2D eigenvalue weighted by Gasteiger charge is -2.13. The van der Waals surface area contributed by atoms with E-state index in [-0.39, 0.29) is 13.2 Å². The maximum absolute atomic E-state index is 7.62. The van der Waals surface area contributed by atoms with Gasteiger partial charge in [-0.1, -0.05) is 33.1 Å². The third-order valence-electron chi connectivity index (χ3n) is 2.20. The number of unbranched alkanes of at least 4 members (excludes halogenated alkanes) is 1. The molecule has 0 aromatic rings. The topological polar surface area (TPSA) is 49.7 Å². The van der Waals surface area contributed by atoms with Gasteiger partial charge in [-0.25, -0.2) is 0 Å². The zero-order chi connectivity index (χ0) is 11.9. The summed E-state index contributed by atoms with van der Waals surface area (Å²) >= 11 is 0. The van der Waals surface area contributed by atoms with Crippen molar-refractivity contribution in [2.45, 2.75) is 46.5 Å². The van der Waals surface area contributed by atoms with Crippen molar-refractivity contribution < 1.29 is 14.9 Å². The van der Waals surface area contributed by atoms with E-state index >= 15 is 0 Å². The van der Waals surface area contributed by atoms with E-state index in [0.29, 0.717) is 0 Å². The van der Waals surface area contributed by atoms with E-state index in [9.17, 15) is 0 Å². The lowest BCUT2D eigenvalue weighted by Crippen LogP contribution is -2.08. The Kier molecular flexibility index (Phi) is 18.8. The number of ether oxygens (including phenoxy) is 1. The van der Waals surface area contributed by atoms with Crippen LogP contribution in [0, 0.1) is 5.92 Å². The number of rotatable bonds is 8. The molecule has 0 saturated carbocycles. The average Bonchev–Trinajstić information content (AvgIpc) is 2.30. The van der Waals surface area contributed by atoms with Gasteiger partial charge < -0.3 is 14.9 Å². The van der Waals surface area contributed by atoms with Gasteiger partial charge >= 0.3 is 0 Å². The number of hydrogen-bond donors (Lipinski definition) is 2. The highest BCUT2D eigenvalue weighted by Gasteiger charge is 2.04. The van der Waals surface area contributed by atoms with Gasteiger partial charge in [0, 0.05) is 13.2 Å². The molecule has 2 N–H and O–H groups in total. The SMILES string of the molecule is CCCCC(CC)COCC.OCCO. The highest BCUT2D eigenvalue weighted by Crippen LogP contribution is 2.12. The van der Waals surface area contributed by atoms with Gasteiger partial charge in [-0.3, -0.25) is 0 Å². The van der Waals surface area contributed by atoms with Gasteiger partial charge in [0.1, 0.15) is 0 Å². The van der Waals surface area contributed by atoms with E-state index in [0.717, 1.165) is 19.1 Å². The summed E-state index contributed by atoms with van der Waals surface area (Å²) < 4.78 is 5.38. The Bertz CT molecular complexity index is 86.9. The molecule has 0 aliphatic carbocycles. The molecule has 3 nitrogen and oxygen atoms in total. The second kappa shape index (κ2) is 16.3. The Morgan fingerprint density at radius 1 is 1.07 bits per heavy atom. The van der Waals surface area contributed by atoms with Crippen molar-refractivity contribution in [1.29, 1.82) is 0 Å². The molecule has 0 fully saturated rings. The first kappa shape index (κ1) is 17.3. The maximum atomic E-state index is 7.62. The molecule has 0 aromatic carbocycles. The number of hydrogen-bond acceptors (Lipinski definition) is 3. The van der Waals surface area contributed by atoms with Crippen LogP contribution in [0.1, 0.15) is 46.5 Å². The molecule has 0 aromatic heterocycles. The Balaban J connectivity index is 0. The Labute approximate surface area is 94.5 Å². The average molecular weight is 220 g/mol. The van der Waals surface area contributed by atoms with Crippen LogP contribution in [0.4, 0.5) is 0 Å².